The summed E-state index contributed by atoms with van der Waals surface area (Å²) in [6.07, 6.45) is -3.13. The second-order valence-electron chi connectivity index (χ2n) is 5.54. The van der Waals surface area contributed by atoms with Gasteiger partial charge in [0.05, 0.1) is 26.8 Å². The Morgan fingerprint density at radius 1 is 1.33 bits per heavy atom. The van der Waals surface area contributed by atoms with Crippen LogP contribution in [-0.2, 0) is 11.0 Å². The maximum absolute atomic E-state index is 12.7. The lowest BCUT2D eigenvalue weighted by Gasteiger charge is -2.16. The molecule has 0 unspecified atom stereocenters. The smallest absolute Gasteiger partial charge is 0.361 e. The number of halogens is 3. The molecule has 2 aromatic rings. The van der Waals surface area contributed by atoms with E-state index in [-0.39, 0.29) is 10.6 Å². The molecule has 144 valence electrons. The van der Waals surface area contributed by atoms with Crippen molar-refractivity contribution in [2.45, 2.75) is 11.1 Å². The van der Waals surface area contributed by atoms with Gasteiger partial charge in [0, 0.05) is 26.4 Å². The monoisotopic (exact) mass is 400 g/mol. The molecule has 0 bridgehead atoms. The number of benzene rings is 1. The molecule has 0 atom stereocenters. The van der Waals surface area contributed by atoms with Crippen molar-refractivity contribution < 1.29 is 22.9 Å². The van der Waals surface area contributed by atoms with Crippen molar-refractivity contribution in [1.29, 1.82) is 0 Å². The summed E-state index contributed by atoms with van der Waals surface area (Å²) in [5.41, 5.74) is -1.36. The maximum Gasteiger partial charge on any atom is 0.416 e. The highest BCUT2D eigenvalue weighted by Gasteiger charge is 2.33. The highest BCUT2D eigenvalue weighted by Crippen LogP contribution is 2.36. The first-order valence-electron chi connectivity index (χ1n) is 7.50. The molecule has 0 spiro atoms. The van der Waals surface area contributed by atoms with Gasteiger partial charge in [0.2, 0.25) is 5.91 Å². The number of aromatic nitrogens is 1. The number of alkyl halides is 3. The van der Waals surface area contributed by atoms with Crippen molar-refractivity contribution in [2.75, 3.05) is 30.1 Å². The Labute approximate surface area is 156 Å². The Morgan fingerprint density at radius 3 is 2.63 bits per heavy atom. The zero-order valence-corrected chi connectivity index (χ0v) is 15.1. The van der Waals surface area contributed by atoms with Crippen LogP contribution in [-0.4, -0.2) is 35.7 Å². The molecular formula is C16H15F3N4O3S. The van der Waals surface area contributed by atoms with E-state index < -0.39 is 28.3 Å². The van der Waals surface area contributed by atoms with E-state index in [4.69, 9.17) is 0 Å². The van der Waals surface area contributed by atoms with Crippen LogP contribution >= 0.6 is 11.8 Å². The minimum absolute atomic E-state index is 0.0258. The SMILES string of the molecule is CN(C)c1ncccc1NC(=O)CSc1ccc(C(F)(F)F)cc1[N+](=O)[O-]. The van der Waals surface area contributed by atoms with E-state index in [0.717, 1.165) is 23.9 Å². The molecule has 1 aromatic carbocycles. The molecule has 1 aromatic heterocycles. The molecule has 0 radical (unpaired) electrons. The van der Waals surface area contributed by atoms with Gasteiger partial charge in [-0.2, -0.15) is 13.2 Å². The first-order valence-corrected chi connectivity index (χ1v) is 8.48. The number of hydrogen-bond donors (Lipinski definition) is 1. The fraction of sp³-hybridized carbons (Fsp3) is 0.250. The number of amides is 1. The number of nitrogens with zero attached hydrogens (tertiary/aromatic N) is 3. The number of rotatable bonds is 6. The highest BCUT2D eigenvalue weighted by molar-refractivity contribution is 8.00. The molecule has 0 aliphatic heterocycles. The van der Waals surface area contributed by atoms with Crippen molar-refractivity contribution in [3.8, 4) is 0 Å². The van der Waals surface area contributed by atoms with Crippen LogP contribution < -0.4 is 10.2 Å². The number of thioether (sulfide) groups is 1. The topological polar surface area (TPSA) is 88.4 Å². The molecule has 1 heterocycles. The molecule has 1 N–H and O–H groups in total. The van der Waals surface area contributed by atoms with Crippen molar-refractivity contribution in [3.63, 3.8) is 0 Å². The van der Waals surface area contributed by atoms with Crippen LogP contribution in [0.3, 0.4) is 0 Å². The lowest BCUT2D eigenvalue weighted by Crippen LogP contribution is -2.19. The number of nitro benzene ring substituents is 1. The fourth-order valence-electron chi connectivity index (χ4n) is 2.14. The molecule has 1 amide bonds. The summed E-state index contributed by atoms with van der Waals surface area (Å²) in [4.78, 5) is 28.1. The average Bonchev–Trinajstić information content (AvgIpc) is 2.59. The summed E-state index contributed by atoms with van der Waals surface area (Å²) in [6, 6.07) is 5.49. The molecule has 0 aliphatic rings. The van der Waals surface area contributed by atoms with Gasteiger partial charge in [-0.05, 0) is 24.3 Å². The first-order chi connectivity index (χ1) is 12.6. The Kier molecular flexibility index (Phi) is 6.26. The van der Waals surface area contributed by atoms with Gasteiger partial charge in [-0.25, -0.2) is 4.98 Å². The standard InChI is InChI=1S/C16H15F3N4O3S/c1-22(2)15-11(4-3-7-20-15)21-14(24)9-27-13-6-5-10(16(17,18)19)8-12(13)23(25)26/h3-8H,9H2,1-2H3,(H,21,24). The largest absolute Gasteiger partial charge is 0.416 e. The average molecular weight is 400 g/mol. The van der Waals surface area contributed by atoms with Gasteiger partial charge >= 0.3 is 6.18 Å². The Hall–Kier alpha value is -2.82. The van der Waals surface area contributed by atoms with Gasteiger partial charge in [0.15, 0.2) is 5.82 Å². The maximum atomic E-state index is 12.7. The normalized spacial score (nSPS) is 11.1. The zero-order chi connectivity index (χ0) is 20.2. The second-order valence-corrected chi connectivity index (χ2v) is 6.56. The minimum Gasteiger partial charge on any atom is -0.361 e. The van der Waals surface area contributed by atoms with Crippen molar-refractivity contribution in [3.05, 3.63) is 52.2 Å². The number of hydrogen-bond acceptors (Lipinski definition) is 6. The van der Waals surface area contributed by atoms with E-state index >= 15 is 0 Å². The van der Waals surface area contributed by atoms with Gasteiger partial charge in [0.1, 0.15) is 0 Å². The molecule has 0 saturated carbocycles. The summed E-state index contributed by atoms with van der Waals surface area (Å²) >= 11 is 0.781. The summed E-state index contributed by atoms with van der Waals surface area (Å²) in [6.45, 7) is 0. The van der Waals surface area contributed by atoms with Crippen molar-refractivity contribution in [2.24, 2.45) is 0 Å². The van der Waals surface area contributed by atoms with Crippen molar-refractivity contribution in [1.82, 2.24) is 4.98 Å². The molecule has 0 aliphatic carbocycles. The van der Waals surface area contributed by atoms with Crippen molar-refractivity contribution >= 4 is 34.9 Å². The Morgan fingerprint density at radius 2 is 2.04 bits per heavy atom. The van der Waals surface area contributed by atoms with Crippen LogP contribution in [0.5, 0.6) is 0 Å². The van der Waals surface area contributed by atoms with Gasteiger partial charge in [-0.15, -0.1) is 11.8 Å². The molecule has 27 heavy (non-hydrogen) atoms. The number of carbonyl (C=O) groups is 1. The van der Waals surface area contributed by atoms with Crippen LogP contribution in [0.2, 0.25) is 0 Å². The quantitative estimate of drug-likeness (QED) is 0.451. The van der Waals surface area contributed by atoms with E-state index in [2.05, 4.69) is 10.3 Å². The van der Waals surface area contributed by atoms with Gasteiger partial charge in [-0.1, -0.05) is 0 Å². The number of pyridine rings is 1. The Balaban J connectivity index is 2.12. The number of nitrogens with one attached hydrogen (secondary N) is 1. The second kappa shape index (κ2) is 8.25. The fourth-order valence-corrected chi connectivity index (χ4v) is 2.94. The third kappa shape index (κ3) is 5.33. The third-order valence-electron chi connectivity index (χ3n) is 3.33. The zero-order valence-electron chi connectivity index (χ0n) is 14.3. The third-order valence-corrected chi connectivity index (χ3v) is 4.39. The summed E-state index contributed by atoms with van der Waals surface area (Å²) < 4.78 is 38.2. The number of nitro groups is 1. The van der Waals surface area contributed by atoms with Gasteiger partial charge < -0.3 is 10.2 Å². The molecule has 0 fully saturated rings. The van der Waals surface area contributed by atoms with Crippen LogP contribution in [0.15, 0.2) is 41.4 Å². The summed E-state index contributed by atoms with van der Waals surface area (Å²) in [7, 11) is 3.50. The predicted molar refractivity (Wildman–Crippen MR) is 96.0 cm³/mol. The molecular weight excluding hydrogens is 385 g/mol. The van der Waals surface area contributed by atoms with Crippen LogP contribution in [0, 0.1) is 10.1 Å². The van der Waals surface area contributed by atoms with Gasteiger partial charge in [-0.3, -0.25) is 14.9 Å². The first kappa shape index (κ1) is 20.5. The van der Waals surface area contributed by atoms with E-state index in [1.807, 2.05) is 0 Å². The van der Waals surface area contributed by atoms with E-state index in [0.29, 0.717) is 17.6 Å². The van der Waals surface area contributed by atoms with Gasteiger partial charge in [0.25, 0.3) is 5.69 Å². The van der Waals surface area contributed by atoms with E-state index in [1.54, 1.807) is 37.3 Å². The lowest BCUT2D eigenvalue weighted by atomic mass is 10.2. The lowest BCUT2D eigenvalue weighted by molar-refractivity contribution is -0.388. The van der Waals surface area contributed by atoms with E-state index in [1.165, 1.54) is 0 Å². The highest BCUT2D eigenvalue weighted by atomic mass is 32.2. The molecule has 7 nitrogen and oxygen atoms in total. The van der Waals surface area contributed by atoms with Crippen LogP contribution in [0.25, 0.3) is 0 Å². The molecule has 0 saturated heterocycles. The summed E-state index contributed by atoms with van der Waals surface area (Å²) in [5.74, 6) is -0.157. The molecule has 11 heteroatoms. The number of anilines is 2. The Bertz CT molecular complexity index is 859. The van der Waals surface area contributed by atoms with Crippen LogP contribution in [0.4, 0.5) is 30.4 Å². The van der Waals surface area contributed by atoms with Crippen LogP contribution in [0.1, 0.15) is 5.56 Å². The number of carbonyl (C=O) groups excluding carboxylic acids is 1. The predicted octanol–water partition coefficient (Wildman–Crippen LogP) is 3.81. The summed E-state index contributed by atoms with van der Waals surface area (Å²) in [5, 5.41) is 13.7. The van der Waals surface area contributed by atoms with E-state index in [9.17, 15) is 28.1 Å². The molecule has 2 rings (SSSR count). The minimum atomic E-state index is -4.69.